The first-order valence-corrected chi connectivity index (χ1v) is 23.8. The number of carbonyl (C=O) groups excluding carboxylic acids is 2. The average Bonchev–Trinajstić information content (AvgIpc) is 3.45. The number of aliphatic imine (C=N–C) groups is 1. The van der Waals surface area contributed by atoms with E-state index in [1.165, 1.54) is 6.20 Å². The largest absolute Gasteiger partial charge is 0.497 e. The molecule has 2 N–H and O–H groups in total. The topological polar surface area (TPSA) is 158 Å². The Kier molecular flexibility index (Phi) is 14.6. The fourth-order valence-corrected chi connectivity index (χ4v) is 7.86. The van der Waals surface area contributed by atoms with Gasteiger partial charge in [-0.05, 0) is 158 Å². The fourth-order valence-electron chi connectivity index (χ4n) is 7.86. The molecule has 12 nitrogen and oxygen atoms in total. The minimum Gasteiger partial charge on any atom is -0.497 e. The molecule has 0 spiro atoms. The minimum absolute atomic E-state index is 0.0321. The maximum atomic E-state index is 13.9. The summed E-state index contributed by atoms with van der Waals surface area (Å²) in [6, 6.07) is 66.4. The van der Waals surface area contributed by atoms with Gasteiger partial charge in [0.25, 0.3) is 5.56 Å². The van der Waals surface area contributed by atoms with Crippen LogP contribution in [0, 0.1) is 11.8 Å². The molecule has 10 aromatic rings. The highest BCUT2D eigenvalue weighted by Crippen LogP contribution is 2.32. The Morgan fingerprint density at radius 1 is 0.395 bits per heavy atom. The Balaban J connectivity index is 0.756. The third-order valence-electron chi connectivity index (χ3n) is 11.7. The summed E-state index contributed by atoms with van der Waals surface area (Å²) in [6.45, 7) is 0. The molecule has 0 radical (unpaired) electrons. The van der Waals surface area contributed by atoms with E-state index < -0.39 is 11.2 Å². The van der Waals surface area contributed by atoms with Gasteiger partial charge in [0.05, 0.1) is 12.8 Å². The van der Waals surface area contributed by atoms with Crippen molar-refractivity contribution < 1.29 is 33.3 Å². The quantitative estimate of drug-likeness (QED) is 0.0546. The molecule has 0 atom stereocenters. The van der Waals surface area contributed by atoms with Crippen LogP contribution >= 0.6 is 0 Å². The van der Waals surface area contributed by atoms with Gasteiger partial charge in [0.15, 0.2) is 11.6 Å². The molecule has 368 valence electrons. The monoisotopic (exact) mass is 997 g/mol. The standard InChI is InChI=1S/C64H43N3O9/c1-72-50-31-25-44(26-32-50)60(66-59-41-65-64(71)67-63(59)70)45-27-33-51(34-28-45)73-55-15-7-17-57(39-55)75-53-13-5-11-48(37-53)62(69)49-12-6-14-54(38-49)76-58-18-8-16-56(40-58)74-52-35-29-47(30-36-52)61(68)46-23-21-43(22-24-46)20-19-42-9-3-2-4-10-42/h2-18,21-41H,1H3,(H2,65,67,70,71). The first-order valence-electron chi connectivity index (χ1n) is 23.8. The Labute approximate surface area is 436 Å². The SMILES string of the molecule is COc1ccc(C(=Nc2c[nH]c(=O)[nH]c2=O)c2ccc(Oc3cccc(Oc4cccc(C(=O)c5cccc(Oc6cccc(Oc7ccc(C(=O)c8ccc(C#Cc9ccccc9)cc8)cc7)c6)c5)c4)c3)cc2)cc1. The molecule has 12 heteroatoms. The van der Waals surface area contributed by atoms with Crippen molar-refractivity contribution >= 4 is 23.0 Å². The lowest BCUT2D eigenvalue weighted by Gasteiger charge is -2.12. The van der Waals surface area contributed by atoms with Crippen molar-refractivity contribution in [2.75, 3.05) is 7.11 Å². The normalized spacial score (nSPS) is 10.9. The Bertz CT molecular complexity index is 3930. The molecular weight excluding hydrogens is 955 g/mol. The zero-order valence-electron chi connectivity index (χ0n) is 40.6. The molecule has 1 heterocycles. The number of hydrogen-bond donors (Lipinski definition) is 2. The number of nitrogens with one attached hydrogen (secondary N) is 2. The molecule has 0 aliphatic heterocycles. The zero-order valence-corrected chi connectivity index (χ0v) is 40.6. The number of H-pyrrole nitrogens is 2. The van der Waals surface area contributed by atoms with E-state index in [0.29, 0.717) is 90.8 Å². The third kappa shape index (κ3) is 12.3. The van der Waals surface area contributed by atoms with Gasteiger partial charge in [-0.2, -0.15) is 0 Å². The molecule has 9 aromatic carbocycles. The van der Waals surface area contributed by atoms with Gasteiger partial charge < -0.3 is 28.7 Å². The van der Waals surface area contributed by atoms with Gasteiger partial charge >= 0.3 is 5.69 Å². The zero-order chi connectivity index (χ0) is 52.2. The van der Waals surface area contributed by atoms with Crippen LogP contribution in [0.25, 0.3) is 0 Å². The molecule has 1 aromatic heterocycles. The van der Waals surface area contributed by atoms with Gasteiger partial charge in [0, 0.05) is 62.8 Å². The Hall–Kier alpha value is -10.8. The van der Waals surface area contributed by atoms with E-state index in [2.05, 4.69) is 26.8 Å². The third-order valence-corrected chi connectivity index (χ3v) is 11.7. The van der Waals surface area contributed by atoms with Crippen LogP contribution in [0.1, 0.15) is 54.1 Å². The number of benzene rings is 9. The second-order valence-electron chi connectivity index (χ2n) is 17.0. The van der Waals surface area contributed by atoms with E-state index >= 15 is 0 Å². The summed E-state index contributed by atoms with van der Waals surface area (Å²) >= 11 is 0. The maximum absolute atomic E-state index is 13.9. The molecular formula is C64H43N3O9. The minimum atomic E-state index is -0.630. The van der Waals surface area contributed by atoms with Gasteiger partial charge in [0.1, 0.15) is 57.4 Å². The summed E-state index contributed by atoms with van der Waals surface area (Å²) in [5.74, 6) is 10.5. The van der Waals surface area contributed by atoms with Crippen molar-refractivity contribution in [1.29, 1.82) is 0 Å². The average molecular weight is 998 g/mol. The highest BCUT2D eigenvalue weighted by molar-refractivity contribution is 6.14. The van der Waals surface area contributed by atoms with Crippen molar-refractivity contribution in [3.05, 3.63) is 296 Å². The van der Waals surface area contributed by atoms with E-state index in [1.54, 1.807) is 165 Å². The lowest BCUT2D eigenvalue weighted by molar-refractivity contribution is 0.103. The second kappa shape index (κ2) is 22.8. The Morgan fingerprint density at radius 3 is 1.26 bits per heavy atom. The van der Waals surface area contributed by atoms with E-state index in [1.807, 2.05) is 66.7 Å². The van der Waals surface area contributed by atoms with Crippen molar-refractivity contribution in [3.63, 3.8) is 0 Å². The van der Waals surface area contributed by atoms with Crippen LogP contribution in [0.2, 0.25) is 0 Å². The van der Waals surface area contributed by atoms with Gasteiger partial charge in [-0.25, -0.2) is 9.79 Å². The molecule has 0 bridgehead atoms. The summed E-state index contributed by atoms with van der Waals surface area (Å²) in [6.07, 6.45) is 1.26. The van der Waals surface area contributed by atoms with Gasteiger partial charge in [-0.15, -0.1) is 0 Å². The summed E-state index contributed by atoms with van der Waals surface area (Å²) < 4.78 is 30.1. The summed E-state index contributed by atoms with van der Waals surface area (Å²) in [7, 11) is 1.57. The molecule has 10 rings (SSSR count). The molecule has 0 fully saturated rings. The van der Waals surface area contributed by atoms with Gasteiger partial charge in [0.2, 0.25) is 0 Å². The van der Waals surface area contributed by atoms with Crippen molar-refractivity contribution in [2.24, 2.45) is 4.99 Å². The number of carbonyl (C=O) groups is 2. The van der Waals surface area contributed by atoms with Crippen LogP contribution in [0.5, 0.6) is 51.7 Å². The van der Waals surface area contributed by atoms with Gasteiger partial charge in [-0.3, -0.25) is 19.4 Å². The number of hydrogen-bond acceptors (Lipinski definition) is 10. The fraction of sp³-hybridized carbons (Fsp3) is 0.0156. The van der Waals surface area contributed by atoms with Crippen molar-refractivity contribution in [2.45, 2.75) is 0 Å². The predicted octanol–water partition coefficient (Wildman–Crippen LogP) is 13.3. The summed E-state index contributed by atoms with van der Waals surface area (Å²) in [5.41, 5.74) is 4.31. The summed E-state index contributed by atoms with van der Waals surface area (Å²) in [5, 5.41) is 0. The number of rotatable bonds is 16. The van der Waals surface area contributed by atoms with Gasteiger partial charge in [-0.1, -0.05) is 66.4 Å². The van der Waals surface area contributed by atoms with E-state index in [9.17, 15) is 19.2 Å². The number of ether oxygens (including phenoxy) is 5. The number of aromatic amines is 2. The maximum Gasteiger partial charge on any atom is 0.325 e. The van der Waals surface area contributed by atoms with Crippen LogP contribution < -0.4 is 34.9 Å². The van der Waals surface area contributed by atoms with Crippen LogP contribution in [0.15, 0.2) is 245 Å². The lowest BCUT2D eigenvalue weighted by atomic mass is 10.0. The first kappa shape index (κ1) is 48.8. The highest BCUT2D eigenvalue weighted by atomic mass is 16.5. The second-order valence-corrected chi connectivity index (χ2v) is 17.0. The molecule has 0 aliphatic rings. The van der Waals surface area contributed by atoms with E-state index in [4.69, 9.17) is 23.7 Å². The predicted molar refractivity (Wildman–Crippen MR) is 291 cm³/mol. The number of nitrogens with zero attached hydrogens (tertiary/aromatic N) is 1. The van der Waals surface area contributed by atoms with E-state index in [0.717, 1.165) is 11.1 Å². The highest BCUT2D eigenvalue weighted by Gasteiger charge is 2.15. The molecule has 0 amide bonds. The number of aromatic nitrogens is 2. The van der Waals surface area contributed by atoms with Crippen LogP contribution in [0.3, 0.4) is 0 Å². The van der Waals surface area contributed by atoms with Crippen LogP contribution in [-0.2, 0) is 0 Å². The molecule has 0 aliphatic carbocycles. The van der Waals surface area contributed by atoms with E-state index in [-0.39, 0.29) is 17.3 Å². The van der Waals surface area contributed by atoms with Crippen molar-refractivity contribution in [3.8, 4) is 63.6 Å². The first-order chi connectivity index (χ1) is 37.2. The Morgan fingerprint density at radius 2 is 0.789 bits per heavy atom. The van der Waals surface area contributed by atoms with Crippen LogP contribution in [0.4, 0.5) is 5.69 Å². The molecule has 76 heavy (non-hydrogen) atoms. The van der Waals surface area contributed by atoms with Crippen LogP contribution in [-0.4, -0.2) is 34.4 Å². The lowest BCUT2D eigenvalue weighted by Crippen LogP contribution is -2.21. The molecule has 0 unspecified atom stereocenters. The number of ketones is 2. The molecule has 0 saturated heterocycles. The number of methoxy groups -OCH3 is 1. The van der Waals surface area contributed by atoms with Crippen molar-refractivity contribution in [1.82, 2.24) is 9.97 Å². The summed E-state index contributed by atoms with van der Waals surface area (Å²) in [4.78, 5) is 60.6. The molecule has 0 saturated carbocycles. The smallest absolute Gasteiger partial charge is 0.325 e.